The fourth-order valence-electron chi connectivity index (χ4n) is 2.71. The minimum Gasteiger partial charge on any atom is -0.497 e. The SMILES string of the molecule is COc1ccc2cc(/C=C(\C#N)C(=O)Nc3ccccc3OC)ccc2c1. The normalized spacial score (nSPS) is 10.9. The molecule has 1 N–H and O–H groups in total. The number of anilines is 1. The Bertz CT molecular complexity index is 1060. The highest BCUT2D eigenvalue weighted by atomic mass is 16.5. The molecule has 0 saturated heterocycles. The Kier molecular flexibility index (Phi) is 5.38. The van der Waals surface area contributed by atoms with Gasteiger partial charge in [0.05, 0.1) is 19.9 Å². The van der Waals surface area contributed by atoms with Crippen LogP contribution in [0.4, 0.5) is 5.69 Å². The summed E-state index contributed by atoms with van der Waals surface area (Å²) in [6.45, 7) is 0. The molecule has 0 radical (unpaired) electrons. The van der Waals surface area contributed by atoms with Crippen molar-refractivity contribution in [2.75, 3.05) is 19.5 Å². The van der Waals surface area contributed by atoms with Crippen molar-refractivity contribution >= 4 is 28.4 Å². The van der Waals surface area contributed by atoms with Crippen LogP contribution in [0.25, 0.3) is 16.8 Å². The number of nitrogens with zero attached hydrogens (tertiary/aromatic N) is 1. The number of nitriles is 1. The van der Waals surface area contributed by atoms with E-state index in [-0.39, 0.29) is 5.57 Å². The second kappa shape index (κ2) is 8.07. The standard InChI is InChI=1S/C22H18N2O3/c1-26-19-10-9-16-11-15(7-8-17(16)13-19)12-18(14-23)22(25)24-20-5-3-4-6-21(20)27-2/h3-13H,1-2H3,(H,24,25)/b18-12+. The maximum Gasteiger partial charge on any atom is 0.266 e. The van der Waals surface area contributed by atoms with Crippen molar-refractivity contribution in [2.45, 2.75) is 0 Å². The van der Waals surface area contributed by atoms with Gasteiger partial charge < -0.3 is 14.8 Å². The van der Waals surface area contributed by atoms with Crippen molar-refractivity contribution in [3.05, 3.63) is 71.8 Å². The Morgan fingerprint density at radius 1 is 1.00 bits per heavy atom. The van der Waals surface area contributed by atoms with E-state index >= 15 is 0 Å². The molecule has 0 aliphatic heterocycles. The quantitative estimate of drug-likeness (QED) is 0.542. The van der Waals surface area contributed by atoms with Crippen molar-refractivity contribution in [3.63, 3.8) is 0 Å². The third kappa shape index (κ3) is 4.07. The summed E-state index contributed by atoms with van der Waals surface area (Å²) in [5, 5.41) is 14.1. The van der Waals surface area contributed by atoms with Gasteiger partial charge in [-0.2, -0.15) is 5.26 Å². The minimum atomic E-state index is -0.489. The number of hydrogen-bond acceptors (Lipinski definition) is 4. The van der Waals surface area contributed by atoms with Crippen LogP contribution in [0.3, 0.4) is 0 Å². The molecule has 0 aliphatic carbocycles. The van der Waals surface area contributed by atoms with Crippen molar-refractivity contribution < 1.29 is 14.3 Å². The molecule has 0 heterocycles. The molecule has 0 aliphatic rings. The zero-order valence-corrected chi connectivity index (χ0v) is 15.0. The molecule has 27 heavy (non-hydrogen) atoms. The predicted molar refractivity (Wildman–Crippen MR) is 106 cm³/mol. The van der Waals surface area contributed by atoms with Crippen molar-refractivity contribution in [1.82, 2.24) is 0 Å². The summed E-state index contributed by atoms with van der Waals surface area (Å²) in [6, 6.07) is 20.5. The summed E-state index contributed by atoms with van der Waals surface area (Å²) in [7, 11) is 3.15. The maximum absolute atomic E-state index is 12.5. The van der Waals surface area contributed by atoms with Crippen LogP contribution in [0.1, 0.15) is 5.56 Å². The molecule has 134 valence electrons. The van der Waals surface area contributed by atoms with Crippen LogP contribution in [-0.4, -0.2) is 20.1 Å². The zero-order valence-electron chi connectivity index (χ0n) is 15.0. The first kappa shape index (κ1) is 18.0. The Morgan fingerprint density at radius 3 is 2.48 bits per heavy atom. The van der Waals surface area contributed by atoms with Gasteiger partial charge in [0.2, 0.25) is 0 Å². The van der Waals surface area contributed by atoms with Gasteiger partial charge in [-0.1, -0.05) is 30.3 Å². The lowest BCUT2D eigenvalue weighted by molar-refractivity contribution is -0.112. The molecular formula is C22H18N2O3. The number of methoxy groups -OCH3 is 2. The van der Waals surface area contributed by atoms with E-state index in [2.05, 4.69) is 5.32 Å². The summed E-state index contributed by atoms with van der Waals surface area (Å²) in [4.78, 5) is 12.5. The Morgan fingerprint density at radius 2 is 1.74 bits per heavy atom. The van der Waals surface area contributed by atoms with Crippen LogP contribution in [0, 0.1) is 11.3 Å². The molecule has 3 aromatic carbocycles. The number of ether oxygens (including phenoxy) is 2. The van der Waals surface area contributed by atoms with Gasteiger partial charge in [0.25, 0.3) is 5.91 Å². The van der Waals surface area contributed by atoms with E-state index < -0.39 is 5.91 Å². The molecule has 0 spiro atoms. The van der Waals surface area contributed by atoms with E-state index in [9.17, 15) is 10.1 Å². The van der Waals surface area contributed by atoms with Crippen molar-refractivity contribution in [3.8, 4) is 17.6 Å². The molecule has 0 unspecified atom stereocenters. The van der Waals surface area contributed by atoms with E-state index in [1.165, 1.54) is 7.11 Å². The van der Waals surface area contributed by atoms with Crippen LogP contribution in [-0.2, 0) is 4.79 Å². The highest BCUT2D eigenvalue weighted by Crippen LogP contribution is 2.25. The minimum absolute atomic E-state index is 0.00812. The van der Waals surface area contributed by atoms with Gasteiger partial charge in [0.1, 0.15) is 23.1 Å². The molecule has 5 heteroatoms. The molecule has 0 saturated carbocycles. The molecule has 0 atom stereocenters. The number of fused-ring (bicyclic) bond motifs is 1. The summed E-state index contributed by atoms with van der Waals surface area (Å²) in [5.74, 6) is 0.819. The smallest absolute Gasteiger partial charge is 0.266 e. The number of benzene rings is 3. The second-order valence-electron chi connectivity index (χ2n) is 5.80. The van der Waals surface area contributed by atoms with Gasteiger partial charge in [0.15, 0.2) is 0 Å². The molecule has 1 amide bonds. The van der Waals surface area contributed by atoms with E-state index in [4.69, 9.17) is 9.47 Å². The average Bonchev–Trinajstić information content (AvgIpc) is 2.71. The molecule has 3 aromatic rings. The first-order chi connectivity index (χ1) is 13.1. The summed E-state index contributed by atoms with van der Waals surface area (Å²) >= 11 is 0. The lowest BCUT2D eigenvalue weighted by Gasteiger charge is -2.09. The van der Waals surface area contributed by atoms with Crippen LogP contribution in [0.2, 0.25) is 0 Å². The fourth-order valence-corrected chi connectivity index (χ4v) is 2.71. The average molecular weight is 358 g/mol. The van der Waals surface area contributed by atoms with E-state index in [1.807, 2.05) is 42.5 Å². The number of hydrogen-bond donors (Lipinski definition) is 1. The van der Waals surface area contributed by atoms with Crippen molar-refractivity contribution in [2.24, 2.45) is 0 Å². The largest absolute Gasteiger partial charge is 0.497 e. The Hall–Kier alpha value is -3.78. The van der Waals surface area contributed by atoms with Crippen LogP contribution >= 0.6 is 0 Å². The lowest BCUT2D eigenvalue weighted by Crippen LogP contribution is -2.14. The summed E-state index contributed by atoms with van der Waals surface area (Å²) < 4.78 is 10.4. The monoisotopic (exact) mass is 358 g/mol. The number of amides is 1. The van der Waals surface area contributed by atoms with Gasteiger partial charge in [0, 0.05) is 0 Å². The first-order valence-corrected chi connectivity index (χ1v) is 8.28. The number of nitrogens with one attached hydrogen (secondary N) is 1. The predicted octanol–water partition coefficient (Wildman–Crippen LogP) is 4.40. The van der Waals surface area contributed by atoms with Crippen molar-refractivity contribution in [1.29, 1.82) is 5.26 Å². The second-order valence-corrected chi connectivity index (χ2v) is 5.80. The van der Waals surface area contributed by atoms with Crippen LogP contribution in [0.15, 0.2) is 66.2 Å². The van der Waals surface area contributed by atoms with E-state index in [0.29, 0.717) is 11.4 Å². The zero-order chi connectivity index (χ0) is 19.2. The lowest BCUT2D eigenvalue weighted by atomic mass is 10.0. The summed E-state index contributed by atoms with van der Waals surface area (Å²) in [5.41, 5.74) is 1.28. The van der Waals surface area contributed by atoms with Gasteiger partial charge >= 0.3 is 0 Å². The molecule has 5 nitrogen and oxygen atoms in total. The summed E-state index contributed by atoms with van der Waals surface area (Å²) in [6.07, 6.45) is 1.56. The van der Waals surface area contributed by atoms with E-state index in [0.717, 1.165) is 22.1 Å². The van der Waals surface area contributed by atoms with Gasteiger partial charge in [-0.25, -0.2) is 0 Å². The molecule has 0 fully saturated rings. The van der Waals surface area contributed by atoms with Gasteiger partial charge in [-0.15, -0.1) is 0 Å². The molecule has 0 aromatic heterocycles. The molecule has 3 rings (SSSR count). The highest BCUT2D eigenvalue weighted by Gasteiger charge is 2.12. The Labute approximate surface area is 157 Å². The van der Waals surface area contributed by atoms with Gasteiger partial charge in [-0.3, -0.25) is 4.79 Å². The highest BCUT2D eigenvalue weighted by molar-refractivity contribution is 6.10. The first-order valence-electron chi connectivity index (χ1n) is 8.28. The van der Waals surface area contributed by atoms with Crippen LogP contribution in [0.5, 0.6) is 11.5 Å². The number of carbonyl (C=O) groups excluding carboxylic acids is 1. The van der Waals surface area contributed by atoms with Gasteiger partial charge in [-0.05, 0) is 52.7 Å². The molecular weight excluding hydrogens is 340 g/mol. The Balaban J connectivity index is 1.88. The van der Waals surface area contributed by atoms with E-state index in [1.54, 1.807) is 37.5 Å². The fraction of sp³-hybridized carbons (Fsp3) is 0.0909. The number of rotatable bonds is 5. The third-order valence-electron chi connectivity index (χ3n) is 4.10. The van der Waals surface area contributed by atoms with Crippen LogP contribution < -0.4 is 14.8 Å². The molecule has 0 bridgehead atoms. The maximum atomic E-state index is 12.5. The third-order valence-corrected chi connectivity index (χ3v) is 4.10. The number of carbonyl (C=O) groups is 1. The topological polar surface area (TPSA) is 71.3 Å². The number of para-hydroxylation sites is 2.